The van der Waals surface area contributed by atoms with Crippen molar-refractivity contribution in [3.8, 4) is 0 Å². The summed E-state index contributed by atoms with van der Waals surface area (Å²) in [5.41, 5.74) is 0.643. The Morgan fingerprint density at radius 2 is 1.62 bits per heavy atom. The first-order valence-electron chi connectivity index (χ1n) is 15.1. The first kappa shape index (κ1) is 28.4. The number of piperidine rings is 1. The van der Waals surface area contributed by atoms with Gasteiger partial charge in [0.15, 0.2) is 0 Å². The quantitative estimate of drug-likeness (QED) is 0.468. The van der Waals surface area contributed by atoms with Crippen molar-refractivity contribution in [2.24, 2.45) is 11.8 Å². The Labute approximate surface area is 239 Å². The Bertz CT molecular complexity index is 1060. The van der Waals surface area contributed by atoms with Crippen molar-refractivity contribution in [2.75, 3.05) is 26.2 Å². The second kappa shape index (κ2) is 11.0. The minimum Gasteiger partial charge on any atom is -0.341 e. The molecule has 4 atom stereocenters. The van der Waals surface area contributed by atoms with Gasteiger partial charge in [-0.1, -0.05) is 43.2 Å². The molecule has 4 aliphatic heterocycles. The van der Waals surface area contributed by atoms with Crippen LogP contribution in [0.25, 0.3) is 0 Å². The second-order valence-corrected chi connectivity index (χ2v) is 12.8. The van der Waals surface area contributed by atoms with Crippen molar-refractivity contribution >= 4 is 30.3 Å². The molecule has 2 unspecified atom stereocenters. The highest BCUT2D eigenvalue weighted by molar-refractivity contribution is 6.07. The van der Waals surface area contributed by atoms with Gasteiger partial charge in [0.2, 0.25) is 5.91 Å². The number of nitrogens with zero attached hydrogens (tertiary/aromatic N) is 4. The number of urea groups is 1. The van der Waals surface area contributed by atoms with Crippen molar-refractivity contribution < 1.29 is 14.4 Å². The predicted octanol–water partition coefficient (Wildman–Crippen LogP) is 4.90. The highest BCUT2D eigenvalue weighted by Gasteiger charge is 2.63. The molecular formula is C31H45ClN4O3. The van der Waals surface area contributed by atoms with Crippen molar-refractivity contribution in [1.29, 1.82) is 0 Å². The first-order chi connectivity index (χ1) is 18.3. The maximum Gasteiger partial charge on any atom is 0.327 e. The number of hydrogen-bond acceptors (Lipinski definition) is 4. The zero-order chi connectivity index (χ0) is 26.6. The number of likely N-dealkylation sites (N-methyl/N-ethyl adjacent to an activating group) is 1. The lowest BCUT2D eigenvalue weighted by Crippen LogP contribution is -2.62. The highest BCUT2D eigenvalue weighted by atomic mass is 35.5. The van der Waals surface area contributed by atoms with E-state index in [0.717, 1.165) is 58.2 Å². The highest BCUT2D eigenvalue weighted by Crippen LogP contribution is 2.49. The molecule has 8 heteroatoms. The van der Waals surface area contributed by atoms with E-state index in [-0.39, 0.29) is 36.3 Å². The molecule has 4 amide bonds. The van der Waals surface area contributed by atoms with Gasteiger partial charge in [-0.15, -0.1) is 12.4 Å². The molecule has 1 saturated carbocycles. The maximum absolute atomic E-state index is 13.7. The van der Waals surface area contributed by atoms with E-state index < -0.39 is 5.54 Å². The van der Waals surface area contributed by atoms with Gasteiger partial charge in [-0.25, -0.2) is 4.79 Å². The van der Waals surface area contributed by atoms with E-state index in [1.54, 1.807) is 0 Å². The van der Waals surface area contributed by atoms with E-state index in [9.17, 15) is 14.4 Å². The molecule has 1 spiro atoms. The molecule has 4 heterocycles. The Balaban J connectivity index is 0.00000308. The molecule has 39 heavy (non-hydrogen) atoms. The fourth-order valence-electron chi connectivity index (χ4n) is 8.75. The van der Waals surface area contributed by atoms with Gasteiger partial charge in [0, 0.05) is 56.1 Å². The smallest absolute Gasteiger partial charge is 0.327 e. The van der Waals surface area contributed by atoms with Crippen molar-refractivity contribution in [2.45, 2.75) is 102 Å². The third-order valence-corrected chi connectivity index (χ3v) is 10.4. The Morgan fingerprint density at radius 1 is 0.974 bits per heavy atom. The molecule has 2 bridgehead atoms. The predicted molar refractivity (Wildman–Crippen MR) is 154 cm³/mol. The standard InChI is InChI=1S/C31H44N4O3.ClH/c1-4-33-29(37)31(35(21(2)3)30(33)38)16-25-14-15-26(17-31)34(25)19-24-18-32(28(36)23-12-8-9-13-23)20-27(24)22-10-6-5-7-11-22;/h5-7,10-11,21,23-27H,4,8-9,12-20H2,1-3H3;1H/t24-,25?,26?,27-,31?;/m1./s1. The number of likely N-dealkylation sites (tertiary alicyclic amines) is 1. The minimum absolute atomic E-state index is 0. The summed E-state index contributed by atoms with van der Waals surface area (Å²) in [5, 5.41) is 0. The minimum atomic E-state index is -0.692. The molecule has 6 rings (SSSR count). The average molecular weight is 557 g/mol. The van der Waals surface area contributed by atoms with E-state index >= 15 is 0 Å². The van der Waals surface area contributed by atoms with Crippen LogP contribution < -0.4 is 0 Å². The van der Waals surface area contributed by atoms with E-state index in [4.69, 9.17) is 0 Å². The normalized spacial score (nSPS) is 33.2. The van der Waals surface area contributed by atoms with Gasteiger partial charge in [0.05, 0.1) is 0 Å². The van der Waals surface area contributed by atoms with Crippen LogP contribution in [0.15, 0.2) is 30.3 Å². The number of halogens is 1. The van der Waals surface area contributed by atoms with Gasteiger partial charge >= 0.3 is 6.03 Å². The molecule has 0 N–H and O–H groups in total. The molecule has 0 radical (unpaired) electrons. The van der Waals surface area contributed by atoms with Crippen LogP contribution in [-0.4, -0.2) is 87.3 Å². The summed E-state index contributed by atoms with van der Waals surface area (Å²) >= 11 is 0. The lowest BCUT2D eigenvalue weighted by atomic mass is 9.79. The summed E-state index contributed by atoms with van der Waals surface area (Å²) in [6, 6.07) is 11.3. The van der Waals surface area contributed by atoms with Gasteiger partial charge in [-0.2, -0.15) is 0 Å². The van der Waals surface area contributed by atoms with Crippen LogP contribution in [0.3, 0.4) is 0 Å². The zero-order valence-electron chi connectivity index (χ0n) is 23.8. The van der Waals surface area contributed by atoms with Crippen molar-refractivity contribution in [1.82, 2.24) is 19.6 Å². The van der Waals surface area contributed by atoms with E-state index in [0.29, 0.717) is 36.4 Å². The largest absolute Gasteiger partial charge is 0.341 e. The van der Waals surface area contributed by atoms with Gasteiger partial charge in [-0.3, -0.25) is 19.4 Å². The van der Waals surface area contributed by atoms with Crippen LogP contribution in [0.5, 0.6) is 0 Å². The maximum atomic E-state index is 13.7. The molecular weight excluding hydrogens is 512 g/mol. The third kappa shape index (κ3) is 4.67. The van der Waals surface area contributed by atoms with Gasteiger partial charge < -0.3 is 9.80 Å². The summed E-state index contributed by atoms with van der Waals surface area (Å²) in [5.74, 6) is 1.33. The summed E-state index contributed by atoms with van der Waals surface area (Å²) in [4.78, 5) is 48.6. The van der Waals surface area contributed by atoms with Gasteiger partial charge in [-0.05, 0) is 70.8 Å². The molecule has 5 fully saturated rings. The van der Waals surface area contributed by atoms with Gasteiger partial charge in [0.25, 0.3) is 5.91 Å². The number of rotatable bonds is 6. The Kier molecular flexibility index (Phi) is 8.04. The molecule has 7 nitrogen and oxygen atoms in total. The average Bonchev–Trinajstić information content (AvgIpc) is 3.67. The lowest BCUT2D eigenvalue weighted by Gasteiger charge is -2.48. The summed E-state index contributed by atoms with van der Waals surface area (Å²) in [6.07, 6.45) is 8.08. The fourth-order valence-corrected chi connectivity index (χ4v) is 8.75. The van der Waals surface area contributed by atoms with Crippen LogP contribution >= 0.6 is 12.4 Å². The number of amides is 4. The van der Waals surface area contributed by atoms with Crippen LogP contribution in [0, 0.1) is 11.8 Å². The number of benzene rings is 1. The third-order valence-electron chi connectivity index (χ3n) is 10.4. The van der Waals surface area contributed by atoms with E-state index in [1.165, 1.54) is 23.3 Å². The number of fused-ring (bicyclic) bond motifs is 2. The SMILES string of the molecule is CCN1C(=O)N(C(C)C)C2(CC3CCC(C2)N3C[C@H]2CN(C(=O)C3CCCC3)C[C@@H]2c2ccccc2)C1=O.Cl. The monoisotopic (exact) mass is 556 g/mol. The molecule has 1 aliphatic carbocycles. The molecule has 0 aromatic heterocycles. The Morgan fingerprint density at radius 3 is 2.21 bits per heavy atom. The molecule has 4 saturated heterocycles. The number of imide groups is 1. The zero-order valence-corrected chi connectivity index (χ0v) is 24.6. The molecule has 1 aromatic carbocycles. The summed E-state index contributed by atoms with van der Waals surface area (Å²) in [7, 11) is 0. The lowest BCUT2D eigenvalue weighted by molar-refractivity contribution is -0.138. The van der Waals surface area contributed by atoms with Crippen LogP contribution in [0.2, 0.25) is 0 Å². The van der Waals surface area contributed by atoms with E-state index in [1.807, 2.05) is 25.7 Å². The second-order valence-electron chi connectivity index (χ2n) is 12.8. The topological polar surface area (TPSA) is 64.2 Å². The first-order valence-corrected chi connectivity index (χ1v) is 15.1. The molecule has 1 aromatic rings. The van der Waals surface area contributed by atoms with Crippen LogP contribution in [-0.2, 0) is 9.59 Å². The number of carbonyl (C=O) groups excluding carboxylic acids is 3. The summed E-state index contributed by atoms with van der Waals surface area (Å²) in [6.45, 7) is 9.03. The number of carbonyl (C=O) groups is 3. The summed E-state index contributed by atoms with van der Waals surface area (Å²) < 4.78 is 0. The molecule has 214 valence electrons. The van der Waals surface area contributed by atoms with Crippen molar-refractivity contribution in [3.63, 3.8) is 0 Å². The van der Waals surface area contributed by atoms with Crippen molar-refractivity contribution in [3.05, 3.63) is 35.9 Å². The molecule has 5 aliphatic rings. The fraction of sp³-hybridized carbons (Fsp3) is 0.710. The van der Waals surface area contributed by atoms with Gasteiger partial charge in [0.1, 0.15) is 5.54 Å². The van der Waals surface area contributed by atoms with Crippen LogP contribution in [0.1, 0.15) is 83.6 Å². The van der Waals surface area contributed by atoms with Crippen LogP contribution in [0.4, 0.5) is 4.79 Å². The van der Waals surface area contributed by atoms with E-state index in [2.05, 4.69) is 40.1 Å². The Hall–Kier alpha value is -2.12. The number of hydrogen-bond donors (Lipinski definition) is 0.